The minimum Gasteiger partial charge on any atom is -0.359 e. The molecule has 5 heteroatoms. The van der Waals surface area contributed by atoms with E-state index in [0.29, 0.717) is 0 Å². The number of nitrogens with one attached hydrogen (secondary N) is 2. The molecule has 2 N–H and O–H groups in total. The van der Waals surface area contributed by atoms with Crippen molar-refractivity contribution in [1.82, 2.24) is 15.5 Å². The first-order chi connectivity index (χ1) is 8.26. The number of likely N-dealkylation sites (tertiary alicyclic amines) is 1. The number of aliphatic imine (C=N–C) groups is 1. The third kappa shape index (κ3) is 7.41. The molecular weight excluding hydrogens is 339 g/mol. The van der Waals surface area contributed by atoms with E-state index < -0.39 is 0 Å². The number of hydrogen-bond acceptors (Lipinski definition) is 2. The smallest absolute Gasteiger partial charge is 0.190 e. The summed E-state index contributed by atoms with van der Waals surface area (Å²) in [6.07, 6.45) is 5.29. The van der Waals surface area contributed by atoms with Gasteiger partial charge in [0.25, 0.3) is 0 Å². The van der Waals surface area contributed by atoms with Crippen LogP contribution in [0.25, 0.3) is 0 Å². The maximum Gasteiger partial charge on any atom is 0.190 e. The molecule has 1 aliphatic rings. The van der Waals surface area contributed by atoms with Crippen molar-refractivity contribution >= 4 is 29.9 Å². The van der Waals surface area contributed by atoms with E-state index in [4.69, 9.17) is 0 Å². The number of nitrogens with zero attached hydrogens (tertiary/aromatic N) is 2. The van der Waals surface area contributed by atoms with Crippen molar-refractivity contribution < 1.29 is 0 Å². The lowest BCUT2D eigenvalue weighted by Crippen LogP contribution is -2.36. The standard InChI is InChI=1S/C13H28N4.HI/c1-12-7-6-10-17(11-12)9-5-4-8-16-13(14-2)15-3;/h12H,4-11H2,1-3H3,(H2,14,15,16);1H. The van der Waals surface area contributed by atoms with Gasteiger partial charge in [-0.05, 0) is 44.7 Å². The minimum absolute atomic E-state index is 0. The first kappa shape index (κ1) is 18.0. The number of rotatable bonds is 5. The van der Waals surface area contributed by atoms with Gasteiger partial charge >= 0.3 is 0 Å². The van der Waals surface area contributed by atoms with Gasteiger partial charge in [0, 0.05) is 27.2 Å². The summed E-state index contributed by atoms with van der Waals surface area (Å²) in [6.45, 7) is 7.23. The molecule has 1 saturated heterocycles. The molecule has 0 spiro atoms. The molecule has 1 unspecified atom stereocenters. The summed E-state index contributed by atoms with van der Waals surface area (Å²) in [7, 11) is 3.69. The van der Waals surface area contributed by atoms with Gasteiger partial charge in [-0.15, -0.1) is 24.0 Å². The van der Waals surface area contributed by atoms with Crippen molar-refractivity contribution in [3.8, 4) is 0 Å². The molecular formula is C13H29IN4. The molecule has 0 aromatic heterocycles. The second kappa shape index (κ2) is 10.8. The van der Waals surface area contributed by atoms with Gasteiger partial charge in [-0.25, -0.2) is 0 Å². The molecule has 1 aliphatic heterocycles. The zero-order valence-electron chi connectivity index (χ0n) is 12.0. The zero-order chi connectivity index (χ0) is 12.5. The Hall–Kier alpha value is -0.0400. The molecule has 18 heavy (non-hydrogen) atoms. The summed E-state index contributed by atoms with van der Waals surface area (Å²) in [5, 5.41) is 6.31. The van der Waals surface area contributed by atoms with Crippen LogP contribution in [0, 0.1) is 5.92 Å². The molecule has 0 radical (unpaired) electrons. The molecule has 1 heterocycles. The third-order valence-corrected chi connectivity index (χ3v) is 3.40. The van der Waals surface area contributed by atoms with Crippen LogP contribution in [0.5, 0.6) is 0 Å². The maximum absolute atomic E-state index is 4.09. The highest BCUT2D eigenvalue weighted by Crippen LogP contribution is 2.15. The average molecular weight is 368 g/mol. The lowest BCUT2D eigenvalue weighted by Gasteiger charge is -2.30. The topological polar surface area (TPSA) is 39.7 Å². The minimum atomic E-state index is 0. The Morgan fingerprint density at radius 1 is 1.39 bits per heavy atom. The van der Waals surface area contributed by atoms with E-state index in [1.807, 2.05) is 7.05 Å². The number of halogens is 1. The first-order valence-corrected chi connectivity index (χ1v) is 6.87. The van der Waals surface area contributed by atoms with Gasteiger partial charge in [0.2, 0.25) is 0 Å². The van der Waals surface area contributed by atoms with Crippen LogP contribution in [-0.4, -0.2) is 51.1 Å². The molecule has 1 atom stereocenters. The molecule has 4 nitrogen and oxygen atoms in total. The molecule has 0 aromatic rings. The summed E-state index contributed by atoms with van der Waals surface area (Å²) in [5.74, 6) is 1.78. The van der Waals surface area contributed by atoms with Gasteiger partial charge < -0.3 is 15.5 Å². The van der Waals surface area contributed by atoms with Crippen LogP contribution < -0.4 is 10.6 Å². The summed E-state index contributed by atoms with van der Waals surface area (Å²) >= 11 is 0. The molecule has 1 fully saturated rings. The van der Waals surface area contributed by atoms with E-state index in [1.54, 1.807) is 7.05 Å². The highest BCUT2D eigenvalue weighted by molar-refractivity contribution is 14.0. The van der Waals surface area contributed by atoms with Crippen LogP contribution in [0.1, 0.15) is 32.6 Å². The Bertz CT molecular complexity index is 233. The summed E-state index contributed by atoms with van der Waals surface area (Å²) in [6, 6.07) is 0. The van der Waals surface area contributed by atoms with E-state index >= 15 is 0 Å². The Morgan fingerprint density at radius 2 is 2.17 bits per heavy atom. The van der Waals surface area contributed by atoms with Crippen LogP contribution >= 0.6 is 24.0 Å². The highest BCUT2D eigenvalue weighted by atomic mass is 127. The largest absolute Gasteiger partial charge is 0.359 e. The second-order valence-corrected chi connectivity index (χ2v) is 5.00. The van der Waals surface area contributed by atoms with Gasteiger partial charge in [-0.2, -0.15) is 0 Å². The van der Waals surface area contributed by atoms with Gasteiger partial charge in [0.05, 0.1) is 0 Å². The Labute approximate surface area is 129 Å². The van der Waals surface area contributed by atoms with Gasteiger partial charge in [-0.1, -0.05) is 6.92 Å². The normalized spacial score (nSPS) is 21.3. The second-order valence-electron chi connectivity index (χ2n) is 5.00. The Kier molecular flexibility index (Phi) is 10.8. The fourth-order valence-electron chi connectivity index (χ4n) is 2.44. The number of unbranched alkanes of at least 4 members (excludes halogenated alkanes) is 1. The van der Waals surface area contributed by atoms with Crippen LogP contribution in [-0.2, 0) is 0 Å². The van der Waals surface area contributed by atoms with E-state index in [9.17, 15) is 0 Å². The molecule has 0 amide bonds. The first-order valence-electron chi connectivity index (χ1n) is 6.87. The third-order valence-electron chi connectivity index (χ3n) is 3.40. The number of hydrogen-bond donors (Lipinski definition) is 2. The van der Waals surface area contributed by atoms with Crippen molar-refractivity contribution in [3.05, 3.63) is 0 Å². The van der Waals surface area contributed by atoms with E-state index in [0.717, 1.165) is 18.4 Å². The van der Waals surface area contributed by atoms with Crippen molar-refractivity contribution in [1.29, 1.82) is 0 Å². The van der Waals surface area contributed by atoms with Crippen molar-refractivity contribution in [2.75, 3.05) is 40.3 Å². The zero-order valence-corrected chi connectivity index (χ0v) is 14.4. The molecule has 108 valence electrons. The average Bonchev–Trinajstić information content (AvgIpc) is 2.34. The highest BCUT2D eigenvalue weighted by Gasteiger charge is 2.15. The summed E-state index contributed by atoms with van der Waals surface area (Å²) in [5.41, 5.74) is 0. The lowest BCUT2D eigenvalue weighted by molar-refractivity contribution is 0.181. The van der Waals surface area contributed by atoms with Crippen LogP contribution in [0.4, 0.5) is 0 Å². The van der Waals surface area contributed by atoms with Gasteiger partial charge in [-0.3, -0.25) is 4.99 Å². The van der Waals surface area contributed by atoms with E-state index in [2.05, 4.69) is 27.4 Å². The lowest BCUT2D eigenvalue weighted by atomic mass is 10.0. The number of guanidine groups is 1. The number of piperidine rings is 1. The van der Waals surface area contributed by atoms with Crippen LogP contribution in [0.3, 0.4) is 0 Å². The van der Waals surface area contributed by atoms with E-state index in [1.165, 1.54) is 45.3 Å². The van der Waals surface area contributed by atoms with E-state index in [-0.39, 0.29) is 24.0 Å². The predicted molar refractivity (Wildman–Crippen MR) is 89.9 cm³/mol. The molecule has 0 saturated carbocycles. The molecule has 0 aliphatic carbocycles. The summed E-state index contributed by atoms with van der Waals surface area (Å²) in [4.78, 5) is 6.70. The fraction of sp³-hybridized carbons (Fsp3) is 0.923. The van der Waals surface area contributed by atoms with Gasteiger partial charge in [0.1, 0.15) is 0 Å². The maximum atomic E-state index is 4.09. The molecule has 0 bridgehead atoms. The Balaban J connectivity index is 0.00000289. The van der Waals surface area contributed by atoms with Crippen molar-refractivity contribution in [2.24, 2.45) is 10.9 Å². The van der Waals surface area contributed by atoms with Crippen LogP contribution in [0.15, 0.2) is 4.99 Å². The monoisotopic (exact) mass is 368 g/mol. The SMILES string of the molecule is CN=C(NC)NCCCCN1CCCC(C)C1.I. The predicted octanol–water partition coefficient (Wildman–Crippen LogP) is 1.91. The van der Waals surface area contributed by atoms with Gasteiger partial charge in [0.15, 0.2) is 5.96 Å². The molecule has 1 rings (SSSR count). The molecule has 0 aromatic carbocycles. The Morgan fingerprint density at radius 3 is 2.78 bits per heavy atom. The van der Waals surface area contributed by atoms with Crippen molar-refractivity contribution in [3.63, 3.8) is 0 Å². The van der Waals surface area contributed by atoms with Crippen molar-refractivity contribution in [2.45, 2.75) is 32.6 Å². The van der Waals surface area contributed by atoms with Crippen LogP contribution in [0.2, 0.25) is 0 Å². The quantitative estimate of drug-likeness (QED) is 0.337. The fourth-order valence-corrected chi connectivity index (χ4v) is 2.44. The summed E-state index contributed by atoms with van der Waals surface area (Å²) < 4.78 is 0.